The van der Waals surface area contributed by atoms with Crippen LogP contribution in [0.2, 0.25) is 0 Å². The Hall–Kier alpha value is -0.920. The summed E-state index contributed by atoms with van der Waals surface area (Å²) < 4.78 is 26.4. The second kappa shape index (κ2) is 4.99. The van der Waals surface area contributed by atoms with Gasteiger partial charge in [-0.15, -0.1) is 0 Å². The van der Waals surface area contributed by atoms with Crippen LogP contribution >= 0.6 is 0 Å². The quantitative estimate of drug-likeness (QED) is 0.690. The minimum Gasteiger partial charge on any atom is -0.207 e. The standard InChI is InChI=1S/C16H20F2/c17-15-8-14(9-16(18)10-15)13-6-4-12(5-7-13)11-2-1-3-11/h8-13H,1-7H2. The van der Waals surface area contributed by atoms with E-state index >= 15 is 0 Å². The molecule has 0 aromatic heterocycles. The zero-order valence-electron chi connectivity index (χ0n) is 10.7. The van der Waals surface area contributed by atoms with Crippen molar-refractivity contribution in [2.45, 2.75) is 50.9 Å². The molecule has 3 rings (SSSR count). The van der Waals surface area contributed by atoms with Crippen LogP contribution in [0, 0.1) is 23.5 Å². The van der Waals surface area contributed by atoms with E-state index in [1.165, 1.54) is 44.2 Å². The Morgan fingerprint density at radius 2 is 1.28 bits per heavy atom. The van der Waals surface area contributed by atoms with Crippen molar-refractivity contribution in [1.29, 1.82) is 0 Å². The third kappa shape index (κ3) is 2.43. The van der Waals surface area contributed by atoms with Crippen LogP contribution in [0.15, 0.2) is 18.2 Å². The highest BCUT2D eigenvalue weighted by molar-refractivity contribution is 5.22. The highest BCUT2D eigenvalue weighted by Gasteiger charge is 2.31. The lowest BCUT2D eigenvalue weighted by atomic mass is 9.67. The van der Waals surface area contributed by atoms with Crippen molar-refractivity contribution in [2.75, 3.05) is 0 Å². The minimum absolute atomic E-state index is 0.367. The molecule has 98 valence electrons. The summed E-state index contributed by atoms with van der Waals surface area (Å²) in [6.07, 6.45) is 8.91. The maximum atomic E-state index is 13.2. The fourth-order valence-electron chi connectivity index (χ4n) is 3.65. The van der Waals surface area contributed by atoms with Gasteiger partial charge in [-0.2, -0.15) is 0 Å². The Morgan fingerprint density at radius 3 is 1.78 bits per heavy atom. The van der Waals surface area contributed by atoms with Crippen molar-refractivity contribution in [1.82, 2.24) is 0 Å². The van der Waals surface area contributed by atoms with Gasteiger partial charge in [-0.25, -0.2) is 8.78 Å². The molecule has 2 aliphatic rings. The number of hydrogen-bond acceptors (Lipinski definition) is 0. The third-order valence-electron chi connectivity index (χ3n) is 4.94. The minimum atomic E-state index is -0.439. The van der Waals surface area contributed by atoms with E-state index < -0.39 is 11.6 Å². The summed E-state index contributed by atoms with van der Waals surface area (Å²) in [5.74, 6) is 1.33. The normalized spacial score (nSPS) is 29.0. The highest BCUT2D eigenvalue weighted by Crippen LogP contribution is 2.44. The molecule has 0 heterocycles. The lowest BCUT2D eigenvalue weighted by Crippen LogP contribution is -2.25. The van der Waals surface area contributed by atoms with Crippen LogP contribution in [0.1, 0.15) is 56.4 Å². The van der Waals surface area contributed by atoms with Crippen molar-refractivity contribution in [3.63, 3.8) is 0 Å². The molecule has 0 saturated heterocycles. The molecule has 2 heteroatoms. The largest absolute Gasteiger partial charge is 0.207 e. The maximum absolute atomic E-state index is 13.2. The van der Waals surface area contributed by atoms with Crippen LogP contribution in [0.3, 0.4) is 0 Å². The van der Waals surface area contributed by atoms with Gasteiger partial charge in [0, 0.05) is 6.07 Å². The first-order valence-corrected chi connectivity index (χ1v) is 7.18. The predicted molar refractivity (Wildman–Crippen MR) is 68.4 cm³/mol. The van der Waals surface area contributed by atoms with Crippen LogP contribution < -0.4 is 0 Å². The Balaban J connectivity index is 1.64. The van der Waals surface area contributed by atoms with E-state index in [1.54, 1.807) is 0 Å². The Labute approximate surface area is 107 Å². The molecule has 0 unspecified atom stereocenters. The van der Waals surface area contributed by atoms with E-state index in [0.717, 1.165) is 36.3 Å². The molecular formula is C16H20F2. The Morgan fingerprint density at radius 1 is 0.722 bits per heavy atom. The van der Waals surface area contributed by atoms with Gasteiger partial charge >= 0.3 is 0 Å². The van der Waals surface area contributed by atoms with E-state index in [0.29, 0.717) is 5.92 Å². The van der Waals surface area contributed by atoms with E-state index in [4.69, 9.17) is 0 Å². The predicted octanol–water partition coefficient (Wildman–Crippen LogP) is 5.04. The van der Waals surface area contributed by atoms with Crippen molar-refractivity contribution in [2.24, 2.45) is 11.8 Å². The summed E-state index contributed by atoms with van der Waals surface area (Å²) >= 11 is 0. The molecule has 1 aromatic carbocycles. The van der Waals surface area contributed by atoms with Crippen LogP contribution in [0.4, 0.5) is 8.78 Å². The smallest absolute Gasteiger partial charge is 0.126 e. The topological polar surface area (TPSA) is 0 Å². The second-order valence-corrected chi connectivity index (χ2v) is 6.01. The monoisotopic (exact) mass is 250 g/mol. The van der Waals surface area contributed by atoms with Gasteiger partial charge in [0.2, 0.25) is 0 Å². The molecule has 2 aliphatic carbocycles. The average Bonchev–Trinajstić information content (AvgIpc) is 2.26. The van der Waals surface area contributed by atoms with Crippen molar-refractivity contribution in [3.05, 3.63) is 35.4 Å². The summed E-state index contributed by atoms with van der Waals surface area (Å²) in [6.45, 7) is 0. The van der Waals surface area contributed by atoms with Gasteiger partial charge in [0.05, 0.1) is 0 Å². The van der Waals surface area contributed by atoms with E-state index in [9.17, 15) is 8.78 Å². The maximum Gasteiger partial charge on any atom is 0.126 e. The SMILES string of the molecule is Fc1cc(F)cc(C2CCC(C3CCC3)CC2)c1. The number of rotatable bonds is 2. The Kier molecular flexibility index (Phi) is 3.36. The molecule has 1 aromatic rings. The Bertz CT molecular complexity index is 395. The summed E-state index contributed by atoms with van der Waals surface area (Å²) in [7, 11) is 0. The number of hydrogen-bond donors (Lipinski definition) is 0. The first-order chi connectivity index (χ1) is 8.72. The van der Waals surface area contributed by atoms with Crippen LogP contribution in [0.5, 0.6) is 0 Å². The second-order valence-electron chi connectivity index (χ2n) is 6.01. The fraction of sp³-hybridized carbons (Fsp3) is 0.625. The summed E-state index contributed by atoms with van der Waals surface area (Å²) in [5, 5.41) is 0. The number of halogens is 2. The molecule has 0 N–H and O–H groups in total. The lowest BCUT2D eigenvalue weighted by Gasteiger charge is -2.38. The van der Waals surface area contributed by atoms with Crippen LogP contribution in [-0.2, 0) is 0 Å². The van der Waals surface area contributed by atoms with Gasteiger partial charge in [0.1, 0.15) is 11.6 Å². The zero-order valence-corrected chi connectivity index (χ0v) is 10.7. The molecule has 0 aliphatic heterocycles. The summed E-state index contributed by atoms with van der Waals surface area (Å²) in [4.78, 5) is 0. The summed E-state index contributed by atoms with van der Waals surface area (Å²) in [6, 6.07) is 3.98. The van der Waals surface area contributed by atoms with Crippen LogP contribution in [0.25, 0.3) is 0 Å². The van der Waals surface area contributed by atoms with E-state index in [-0.39, 0.29) is 0 Å². The molecule has 0 amide bonds. The summed E-state index contributed by atoms with van der Waals surface area (Å²) in [5.41, 5.74) is 0.861. The van der Waals surface area contributed by atoms with Crippen molar-refractivity contribution < 1.29 is 8.78 Å². The van der Waals surface area contributed by atoms with Gasteiger partial charge < -0.3 is 0 Å². The molecule has 18 heavy (non-hydrogen) atoms. The van der Waals surface area contributed by atoms with Crippen molar-refractivity contribution in [3.8, 4) is 0 Å². The van der Waals surface area contributed by atoms with Gasteiger partial charge in [0.25, 0.3) is 0 Å². The first-order valence-electron chi connectivity index (χ1n) is 7.18. The van der Waals surface area contributed by atoms with Gasteiger partial charge in [-0.3, -0.25) is 0 Å². The fourth-order valence-corrected chi connectivity index (χ4v) is 3.65. The molecule has 2 fully saturated rings. The molecule has 2 saturated carbocycles. The van der Waals surface area contributed by atoms with Gasteiger partial charge in [-0.1, -0.05) is 19.3 Å². The average molecular weight is 250 g/mol. The van der Waals surface area contributed by atoms with E-state index in [2.05, 4.69) is 0 Å². The number of benzene rings is 1. The lowest BCUT2D eigenvalue weighted by molar-refractivity contribution is 0.153. The highest BCUT2D eigenvalue weighted by atomic mass is 19.1. The first kappa shape index (κ1) is 12.1. The van der Waals surface area contributed by atoms with Crippen LogP contribution in [-0.4, -0.2) is 0 Å². The molecule has 0 radical (unpaired) electrons. The van der Waals surface area contributed by atoms with E-state index in [1.807, 2.05) is 0 Å². The van der Waals surface area contributed by atoms with Gasteiger partial charge in [0.15, 0.2) is 0 Å². The molecule has 0 atom stereocenters. The van der Waals surface area contributed by atoms with Gasteiger partial charge in [-0.05, 0) is 61.1 Å². The molecule has 0 nitrogen and oxygen atoms in total. The molecule has 0 bridgehead atoms. The zero-order chi connectivity index (χ0) is 12.5. The third-order valence-corrected chi connectivity index (χ3v) is 4.94. The molecular weight excluding hydrogens is 230 g/mol. The molecule has 0 spiro atoms. The van der Waals surface area contributed by atoms with Crippen molar-refractivity contribution >= 4 is 0 Å².